The van der Waals surface area contributed by atoms with Crippen molar-refractivity contribution in [2.24, 2.45) is 0 Å². The van der Waals surface area contributed by atoms with Crippen LogP contribution in [0.1, 0.15) is 16.7 Å². The standard InChI is InChI=1S/C19H12O/c1-2-14-7-6-10-16(11-14)17-12-18(19(20)13-17)15-8-4-3-5-9-15/h1,3-13H. The van der Waals surface area contributed by atoms with Crippen molar-refractivity contribution < 1.29 is 4.79 Å². The Morgan fingerprint density at radius 1 is 0.850 bits per heavy atom. The highest BCUT2D eigenvalue weighted by Crippen LogP contribution is 2.30. The molecule has 0 N–H and O–H groups in total. The first-order chi connectivity index (χ1) is 9.78. The van der Waals surface area contributed by atoms with Gasteiger partial charge in [0.2, 0.25) is 0 Å². The Morgan fingerprint density at radius 3 is 2.35 bits per heavy atom. The lowest BCUT2D eigenvalue weighted by molar-refractivity contribution is -0.109. The summed E-state index contributed by atoms with van der Waals surface area (Å²) in [7, 11) is 0. The van der Waals surface area contributed by atoms with Crippen LogP contribution in [0.3, 0.4) is 0 Å². The Morgan fingerprint density at radius 2 is 1.60 bits per heavy atom. The molecule has 0 saturated carbocycles. The number of ketones is 1. The lowest BCUT2D eigenvalue weighted by Crippen LogP contribution is -1.92. The summed E-state index contributed by atoms with van der Waals surface area (Å²) in [6, 6.07) is 17.4. The molecule has 3 rings (SSSR count). The molecule has 1 aliphatic rings. The van der Waals surface area contributed by atoms with Gasteiger partial charge >= 0.3 is 0 Å². The number of terminal acetylenes is 1. The summed E-state index contributed by atoms with van der Waals surface area (Å²) in [5.74, 6) is 2.65. The van der Waals surface area contributed by atoms with E-state index in [0.29, 0.717) is 0 Å². The highest BCUT2D eigenvalue weighted by atomic mass is 16.1. The van der Waals surface area contributed by atoms with Crippen molar-refractivity contribution in [1.29, 1.82) is 0 Å². The van der Waals surface area contributed by atoms with E-state index in [9.17, 15) is 4.79 Å². The first-order valence-corrected chi connectivity index (χ1v) is 6.38. The average molecular weight is 256 g/mol. The van der Waals surface area contributed by atoms with Gasteiger partial charge in [-0.1, -0.05) is 48.4 Å². The molecule has 0 spiro atoms. The fourth-order valence-electron chi connectivity index (χ4n) is 2.29. The van der Waals surface area contributed by atoms with Gasteiger partial charge in [0.25, 0.3) is 0 Å². The van der Waals surface area contributed by atoms with E-state index in [4.69, 9.17) is 6.42 Å². The minimum atomic E-state index is 0.0392. The third-order valence-electron chi connectivity index (χ3n) is 3.30. The van der Waals surface area contributed by atoms with Crippen LogP contribution < -0.4 is 0 Å². The Hall–Kier alpha value is -2.85. The fourth-order valence-corrected chi connectivity index (χ4v) is 2.29. The van der Waals surface area contributed by atoms with E-state index in [1.165, 1.54) is 0 Å². The predicted octanol–water partition coefficient (Wildman–Crippen LogP) is 3.72. The smallest absolute Gasteiger partial charge is 0.187 e. The van der Waals surface area contributed by atoms with Crippen molar-refractivity contribution in [3.05, 3.63) is 83.4 Å². The second-order valence-electron chi connectivity index (χ2n) is 4.61. The number of benzene rings is 2. The molecule has 2 aromatic carbocycles. The van der Waals surface area contributed by atoms with Crippen LogP contribution in [0.15, 0.2) is 66.7 Å². The van der Waals surface area contributed by atoms with Crippen LogP contribution in [0.2, 0.25) is 0 Å². The van der Waals surface area contributed by atoms with Crippen molar-refractivity contribution in [1.82, 2.24) is 0 Å². The molecule has 0 atom stereocenters. The van der Waals surface area contributed by atoms with Crippen LogP contribution in [0.5, 0.6) is 0 Å². The minimum Gasteiger partial charge on any atom is -0.289 e. The molecule has 2 aromatic rings. The summed E-state index contributed by atoms with van der Waals surface area (Å²) in [6.07, 6.45) is 9.00. The van der Waals surface area contributed by atoms with Crippen molar-refractivity contribution in [3.63, 3.8) is 0 Å². The highest BCUT2D eigenvalue weighted by molar-refractivity contribution is 6.33. The summed E-state index contributed by atoms with van der Waals surface area (Å²) in [5.41, 5.74) is 4.37. The monoisotopic (exact) mass is 256 g/mol. The molecule has 0 saturated heterocycles. The molecule has 0 amide bonds. The molecule has 0 aliphatic heterocycles. The van der Waals surface area contributed by atoms with Gasteiger partial charge in [0.1, 0.15) is 0 Å². The number of hydrogen-bond acceptors (Lipinski definition) is 1. The van der Waals surface area contributed by atoms with Gasteiger partial charge in [0.15, 0.2) is 5.78 Å². The summed E-state index contributed by atoms with van der Waals surface area (Å²) in [6.45, 7) is 0. The molecule has 20 heavy (non-hydrogen) atoms. The average Bonchev–Trinajstić information content (AvgIpc) is 2.90. The zero-order valence-corrected chi connectivity index (χ0v) is 10.8. The third-order valence-corrected chi connectivity index (χ3v) is 3.30. The first kappa shape index (κ1) is 12.2. The Kier molecular flexibility index (Phi) is 3.07. The quantitative estimate of drug-likeness (QED) is 0.748. The maximum absolute atomic E-state index is 12.1. The molecule has 0 bridgehead atoms. The van der Waals surface area contributed by atoms with E-state index < -0.39 is 0 Å². The Balaban J connectivity index is 2.01. The molecular weight excluding hydrogens is 244 g/mol. The lowest BCUT2D eigenvalue weighted by atomic mass is 10.0. The van der Waals surface area contributed by atoms with Crippen molar-refractivity contribution in [2.45, 2.75) is 0 Å². The van der Waals surface area contributed by atoms with E-state index in [-0.39, 0.29) is 5.78 Å². The number of carbonyl (C=O) groups excluding carboxylic acids is 1. The summed E-state index contributed by atoms with van der Waals surface area (Å²) in [4.78, 5) is 12.1. The SMILES string of the molecule is C#Cc1cccc(C2=CC(=O)C(c3ccccc3)=C2)c1. The molecule has 0 radical (unpaired) electrons. The zero-order valence-electron chi connectivity index (χ0n) is 10.8. The molecule has 0 aromatic heterocycles. The molecule has 0 fully saturated rings. The van der Waals surface area contributed by atoms with Crippen LogP contribution in [-0.2, 0) is 4.79 Å². The fraction of sp³-hybridized carbons (Fsp3) is 0. The van der Waals surface area contributed by atoms with Crippen molar-refractivity contribution in [3.8, 4) is 12.3 Å². The van der Waals surface area contributed by atoms with E-state index >= 15 is 0 Å². The third kappa shape index (κ3) is 2.20. The number of carbonyl (C=O) groups is 1. The molecule has 0 unspecified atom stereocenters. The van der Waals surface area contributed by atoms with E-state index in [2.05, 4.69) is 5.92 Å². The Labute approximate surface area is 118 Å². The highest BCUT2D eigenvalue weighted by Gasteiger charge is 2.18. The summed E-state index contributed by atoms with van der Waals surface area (Å²) < 4.78 is 0. The molecular formula is C19H12O. The molecule has 0 heterocycles. The van der Waals surface area contributed by atoms with Crippen LogP contribution in [-0.4, -0.2) is 5.78 Å². The van der Waals surface area contributed by atoms with Gasteiger partial charge in [-0.15, -0.1) is 6.42 Å². The second-order valence-corrected chi connectivity index (χ2v) is 4.61. The Bertz CT molecular complexity index is 771. The largest absolute Gasteiger partial charge is 0.289 e. The van der Waals surface area contributed by atoms with Crippen LogP contribution >= 0.6 is 0 Å². The molecule has 1 heteroatoms. The lowest BCUT2D eigenvalue weighted by Gasteiger charge is -2.01. The first-order valence-electron chi connectivity index (χ1n) is 6.38. The van der Waals surface area contributed by atoms with E-state index in [1.54, 1.807) is 6.08 Å². The van der Waals surface area contributed by atoms with Gasteiger partial charge in [-0.05, 0) is 41.0 Å². The summed E-state index contributed by atoms with van der Waals surface area (Å²) in [5, 5.41) is 0. The van der Waals surface area contributed by atoms with E-state index in [0.717, 1.165) is 27.8 Å². The predicted molar refractivity (Wildman–Crippen MR) is 81.8 cm³/mol. The van der Waals surface area contributed by atoms with E-state index in [1.807, 2.05) is 60.7 Å². The van der Waals surface area contributed by atoms with Crippen molar-refractivity contribution in [2.75, 3.05) is 0 Å². The minimum absolute atomic E-state index is 0.0392. The number of rotatable bonds is 2. The topological polar surface area (TPSA) is 17.1 Å². The normalized spacial score (nSPS) is 13.7. The van der Waals surface area contributed by atoms with Gasteiger partial charge in [-0.3, -0.25) is 4.79 Å². The van der Waals surface area contributed by atoms with Gasteiger partial charge in [-0.25, -0.2) is 0 Å². The maximum atomic E-state index is 12.1. The molecule has 1 aliphatic carbocycles. The van der Waals surface area contributed by atoms with Crippen LogP contribution in [0.25, 0.3) is 11.1 Å². The molecule has 94 valence electrons. The maximum Gasteiger partial charge on any atom is 0.187 e. The van der Waals surface area contributed by atoms with Gasteiger partial charge in [0, 0.05) is 11.1 Å². The summed E-state index contributed by atoms with van der Waals surface area (Å²) >= 11 is 0. The zero-order chi connectivity index (χ0) is 13.9. The van der Waals surface area contributed by atoms with Gasteiger partial charge in [0.05, 0.1) is 0 Å². The van der Waals surface area contributed by atoms with Gasteiger partial charge < -0.3 is 0 Å². The second kappa shape index (κ2) is 5.03. The number of hydrogen-bond donors (Lipinski definition) is 0. The van der Waals surface area contributed by atoms with Crippen LogP contribution in [0.4, 0.5) is 0 Å². The van der Waals surface area contributed by atoms with Crippen molar-refractivity contribution >= 4 is 16.9 Å². The van der Waals surface area contributed by atoms with Crippen LogP contribution in [0, 0.1) is 12.3 Å². The van der Waals surface area contributed by atoms with Gasteiger partial charge in [-0.2, -0.15) is 0 Å². The molecule has 1 nitrogen and oxygen atoms in total. The number of allylic oxidation sites excluding steroid dienone is 4.